The highest BCUT2D eigenvalue weighted by Gasteiger charge is 2.09. The van der Waals surface area contributed by atoms with Gasteiger partial charge in [-0.3, -0.25) is 4.79 Å². The van der Waals surface area contributed by atoms with Crippen LogP contribution in [0.3, 0.4) is 0 Å². The smallest absolute Gasteiger partial charge is 0.304 e. The predicted molar refractivity (Wildman–Crippen MR) is 59.7 cm³/mol. The number of hydrogen-bond acceptors (Lipinski definition) is 5. The lowest BCUT2D eigenvalue weighted by atomic mass is 10.5. The largest absolute Gasteiger partial charge is 0.481 e. The van der Waals surface area contributed by atoms with Gasteiger partial charge in [0.25, 0.3) is 0 Å². The summed E-state index contributed by atoms with van der Waals surface area (Å²) in [6.45, 7) is 0. The molecule has 2 aromatic rings. The number of fused-ring (bicyclic) bond motifs is 1. The number of aliphatic carboxylic acids is 1. The highest BCUT2D eigenvalue weighted by Crippen LogP contribution is 2.24. The highest BCUT2D eigenvalue weighted by atomic mass is 35.5. The maximum absolute atomic E-state index is 10.4. The van der Waals surface area contributed by atoms with Gasteiger partial charge in [0, 0.05) is 5.75 Å². The lowest BCUT2D eigenvalue weighted by Crippen LogP contribution is -1.97. The third-order valence-electron chi connectivity index (χ3n) is 1.78. The summed E-state index contributed by atoms with van der Waals surface area (Å²) in [5.74, 6) is -0.412. The first-order valence-electron chi connectivity index (χ1n) is 4.38. The van der Waals surface area contributed by atoms with Crippen LogP contribution in [0, 0.1) is 0 Å². The molecule has 16 heavy (non-hydrogen) atoms. The molecular formula is C8H7ClN4O2S. The van der Waals surface area contributed by atoms with E-state index in [0.29, 0.717) is 21.9 Å². The van der Waals surface area contributed by atoms with Gasteiger partial charge < -0.3 is 10.1 Å². The van der Waals surface area contributed by atoms with Crippen molar-refractivity contribution < 1.29 is 9.90 Å². The molecule has 0 fully saturated rings. The maximum atomic E-state index is 10.4. The fourth-order valence-electron chi connectivity index (χ4n) is 1.12. The lowest BCUT2D eigenvalue weighted by molar-refractivity contribution is -0.136. The summed E-state index contributed by atoms with van der Waals surface area (Å²) in [5, 5.41) is 9.25. The molecule has 0 aliphatic rings. The molecule has 2 heterocycles. The molecule has 0 amide bonds. The first-order valence-corrected chi connectivity index (χ1v) is 5.74. The van der Waals surface area contributed by atoms with Crippen molar-refractivity contribution in [2.24, 2.45) is 0 Å². The van der Waals surface area contributed by atoms with Crippen LogP contribution in [0.5, 0.6) is 0 Å². The molecule has 6 nitrogen and oxygen atoms in total. The van der Waals surface area contributed by atoms with Crippen molar-refractivity contribution in [3.63, 3.8) is 0 Å². The number of aromatic nitrogens is 4. The van der Waals surface area contributed by atoms with Crippen LogP contribution in [0.1, 0.15) is 6.42 Å². The van der Waals surface area contributed by atoms with E-state index in [1.165, 1.54) is 18.1 Å². The molecule has 0 saturated carbocycles. The molecule has 0 radical (unpaired) electrons. The average molecular weight is 259 g/mol. The van der Waals surface area contributed by atoms with E-state index in [9.17, 15) is 4.79 Å². The number of imidazole rings is 1. The Bertz CT molecular complexity index is 530. The van der Waals surface area contributed by atoms with Gasteiger partial charge in [0.2, 0.25) is 5.28 Å². The molecule has 2 rings (SSSR count). The van der Waals surface area contributed by atoms with Gasteiger partial charge in [-0.2, -0.15) is 4.98 Å². The van der Waals surface area contributed by atoms with E-state index in [4.69, 9.17) is 16.7 Å². The Labute approximate surface area is 99.5 Å². The summed E-state index contributed by atoms with van der Waals surface area (Å²) in [7, 11) is 0. The average Bonchev–Trinajstić information content (AvgIpc) is 2.64. The Morgan fingerprint density at radius 2 is 2.38 bits per heavy atom. The number of thioether (sulfide) groups is 1. The molecule has 2 aromatic heterocycles. The third-order valence-corrected chi connectivity index (χ3v) is 2.93. The Morgan fingerprint density at radius 1 is 1.56 bits per heavy atom. The summed E-state index contributed by atoms with van der Waals surface area (Å²) in [4.78, 5) is 25.2. The fourth-order valence-corrected chi connectivity index (χ4v) is 2.25. The van der Waals surface area contributed by atoms with Gasteiger partial charge in [-0.25, -0.2) is 9.97 Å². The first-order chi connectivity index (χ1) is 7.66. The molecule has 0 atom stereocenters. The normalized spacial score (nSPS) is 10.8. The van der Waals surface area contributed by atoms with Crippen molar-refractivity contribution in [3.05, 3.63) is 11.6 Å². The topological polar surface area (TPSA) is 91.8 Å². The van der Waals surface area contributed by atoms with Crippen molar-refractivity contribution in [1.29, 1.82) is 0 Å². The molecule has 0 bridgehead atoms. The van der Waals surface area contributed by atoms with Crippen LogP contribution in [-0.2, 0) is 4.79 Å². The van der Waals surface area contributed by atoms with Crippen molar-refractivity contribution in [2.75, 3.05) is 5.75 Å². The van der Waals surface area contributed by atoms with Crippen molar-refractivity contribution in [2.45, 2.75) is 11.4 Å². The number of nitrogens with one attached hydrogen (secondary N) is 1. The Hall–Kier alpha value is -1.34. The van der Waals surface area contributed by atoms with Gasteiger partial charge in [0.1, 0.15) is 10.5 Å². The molecule has 0 aliphatic carbocycles. The molecule has 0 aliphatic heterocycles. The van der Waals surface area contributed by atoms with E-state index in [1.807, 2.05) is 0 Å². The predicted octanol–water partition coefficient (Wildman–Crippen LogP) is 1.57. The highest BCUT2D eigenvalue weighted by molar-refractivity contribution is 7.99. The number of hydrogen-bond donors (Lipinski definition) is 2. The number of aromatic amines is 1. The van der Waals surface area contributed by atoms with E-state index < -0.39 is 5.97 Å². The van der Waals surface area contributed by atoms with Gasteiger partial charge in [0.05, 0.1) is 12.7 Å². The first kappa shape index (κ1) is 11.2. The van der Waals surface area contributed by atoms with Crippen molar-refractivity contribution in [3.8, 4) is 0 Å². The Kier molecular flexibility index (Phi) is 3.25. The van der Waals surface area contributed by atoms with Crippen LogP contribution in [0.4, 0.5) is 0 Å². The SMILES string of the molecule is O=C(O)CCSc1nc(Cl)nc2nc[nH]c12. The number of carboxylic acid groups (broad SMARTS) is 1. The van der Waals surface area contributed by atoms with Crippen LogP contribution >= 0.6 is 23.4 Å². The summed E-state index contributed by atoms with van der Waals surface area (Å²) in [5.41, 5.74) is 1.16. The Morgan fingerprint density at radius 3 is 3.12 bits per heavy atom. The number of rotatable bonds is 4. The zero-order valence-corrected chi connectivity index (χ0v) is 9.55. The van der Waals surface area contributed by atoms with Crippen LogP contribution in [-0.4, -0.2) is 36.8 Å². The van der Waals surface area contributed by atoms with Gasteiger partial charge >= 0.3 is 5.97 Å². The molecule has 2 N–H and O–H groups in total. The van der Waals surface area contributed by atoms with Gasteiger partial charge in [-0.05, 0) is 11.6 Å². The number of nitrogens with zero attached hydrogens (tertiary/aromatic N) is 3. The monoisotopic (exact) mass is 258 g/mol. The molecule has 8 heteroatoms. The molecular weight excluding hydrogens is 252 g/mol. The van der Waals surface area contributed by atoms with Gasteiger partial charge in [-0.15, -0.1) is 11.8 Å². The minimum Gasteiger partial charge on any atom is -0.481 e. The second-order valence-corrected chi connectivity index (χ2v) is 4.31. The van der Waals surface area contributed by atoms with E-state index in [0.717, 1.165) is 0 Å². The Balaban J connectivity index is 2.22. The standard InChI is InChI=1S/C8H7ClN4O2S/c9-8-12-6-5(10-3-11-6)7(13-8)16-2-1-4(14)15/h3H,1-2H2,(H,14,15)(H,10,11,12,13). The lowest BCUT2D eigenvalue weighted by Gasteiger charge is -2.00. The zero-order chi connectivity index (χ0) is 11.5. The molecule has 0 spiro atoms. The maximum Gasteiger partial charge on any atom is 0.304 e. The minimum atomic E-state index is -0.839. The van der Waals surface area contributed by atoms with E-state index in [2.05, 4.69) is 19.9 Å². The summed E-state index contributed by atoms with van der Waals surface area (Å²) < 4.78 is 0. The molecule has 0 unspecified atom stereocenters. The summed E-state index contributed by atoms with van der Waals surface area (Å²) >= 11 is 7.03. The summed E-state index contributed by atoms with van der Waals surface area (Å²) in [6.07, 6.45) is 1.57. The van der Waals surface area contributed by atoms with Crippen LogP contribution < -0.4 is 0 Å². The van der Waals surface area contributed by atoms with E-state index in [-0.39, 0.29) is 11.7 Å². The molecule has 0 saturated heterocycles. The third kappa shape index (κ3) is 2.42. The van der Waals surface area contributed by atoms with Crippen LogP contribution in [0.25, 0.3) is 11.2 Å². The van der Waals surface area contributed by atoms with E-state index in [1.54, 1.807) is 0 Å². The number of carboxylic acids is 1. The number of carbonyl (C=O) groups is 1. The van der Waals surface area contributed by atoms with Crippen LogP contribution in [0.15, 0.2) is 11.4 Å². The fraction of sp³-hybridized carbons (Fsp3) is 0.250. The zero-order valence-electron chi connectivity index (χ0n) is 7.97. The number of H-pyrrole nitrogens is 1. The van der Waals surface area contributed by atoms with Gasteiger partial charge in [-0.1, -0.05) is 0 Å². The summed E-state index contributed by atoms with van der Waals surface area (Å²) in [6, 6.07) is 0. The van der Waals surface area contributed by atoms with Crippen molar-refractivity contribution in [1.82, 2.24) is 19.9 Å². The second kappa shape index (κ2) is 4.67. The number of halogens is 1. The van der Waals surface area contributed by atoms with E-state index >= 15 is 0 Å². The quantitative estimate of drug-likeness (QED) is 0.491. The molecule has 84 valence electrons. The van der Waals surface area contributed by atoms with Crippen molar-refractivity contribution >= 4 is 40.5 Å². The minimum absolute atomic E-state index is 0.0713. The van der Waals surface area contributed by atoms with Crippen LogP contribution in [0.2, 0.25) is 5.28 Å². The second-order valence-electron chi connectivity index (χ2n) is 2.89. The molecule has 0 aromatic carbocycles. The van der Waals surface area contributed by atoms with Gasteiger partial charge in [0.15, 0.2) is 5.65 Å².